The molecule has 0 bridgehead atoms. The van der Waals surface area contributed by atoms with Gasteiger partial charge in [-0.3, -0.25) is 4.79 Å². The minimum atomic E-state index is -0.0690. The number of benzene rings is 1. The van der Waals surface area contributed by atoms with Gasteiger partial charge in [-0.15, -0.1) is 0 Å². The molecule has 1 aromatic rings. The van der Waals surface area contributed by atoms with E-state index < -0.39 is 0 Å². The van der Waals surface area contributed by atoms with Crippen LogP contribution in [0.5, 0.6) is 5.75 Å². The third-order valence-corrected chi connectivity index (χ3v) is 3.70. The zero-order chi connectivity index (χ0) is 14.4. The highest BCUT2D eigenvalue weighted by Crippen LogP contribution is 2.30. The highest BCUT2D eigenvalue weighted by Gasteiger charge is 2.17. The Labute approximate surface area is 120 Å². The largest absolute Gasteiger partial charge is 0.484 e. The molecule has 1 atom stereocenters. The second-order valence-electron chi connectivity index (χ2n) is 5.35. The summed E-state index contributed by atoms with van der Waals surface area (Å²) in [5.74, 6) is 0.659. The first-order valence-electron chi connectivity index (χ1n) is 7.48. The van der Waals surface area contributed by atoms with Crippen molar-refractivity contribution in [2.45, 2.75) is 45.1 Å². The van der Waals surface area contributed by atoms with E-state index in [-0.39, 0.29) is 18.6 Å². The Morgan fingerprint density at radius 3 is 3.15 bits per heavy atom. The van der Waals surface area contributed by atoms with Crippen LogP contribution < -0.4 is 15.8 Å². The zero-order valence-electron chi connectivity index (χ0n) is 12.2. The molecule has 0 unspecified atom stereocenters. The van der Waals surface area contributed by atoms with E-state index in [0.29, 0.717) is 6.54 Å². The van der Waals surface area contributed by atoms with Gasteiger partial charge >= 0.3 is 0 Å². The number of carbonyl (C=O) groups is 1. The lowest BCUT2D eigenvalue weighted by Gasteiger charge is -2.22. The average Bonchev–Trinajstić information content (AvgIpc) is 2.46. The molecule has 4 nitrogen and oxygen atoms in total. The first-order chi connectivity index (χ1) is 9.70. The molecule has 0 saturated heterocycles. The average molecular weight is 276 g/mol. The van der Waals surface area contributed by atoms with Crippen molar-refractivity contribution >= 4 is 5.91 Å². The summed E-state index contributed by atoms with van der Waals surface area (Å²) in [4.78, 5) is 11.6. The first-order valence-corrected chi connectivity index (χ1v) is 7.48. The van der Waals surface area contributed by atoms with Crippen LogP contribution in [-0.4, -0.2) is 19.1 Å². The number of unbranched alkanes of at least 4 members (excludes halogenated alkanes) is 1. The van der Waals surface area contributed by atoms with E-state index in [1.807, 2.05) is 12.1 Å². The molecule has 0 saturated carbocycles. The Balaban J connectivity index is 1.87. The van der Waals surface area contributed by atoms with Gasteiger partial charge in [0, 0.05) is 12.6 Å². The number of ether oxygens (including phenoxy) is 1. The fraction of sp³-hybridized carbons (Fsp3) is 0.562. The van der Waals surface area contributed by atoms with Gasteiger partial charge in [0.25, 0.3) is 5.91 Å². The van der Waals surface area contributed by atoms with E-state index in [1.165, 1.54) is 11.1 Å². The summed E-state index contributed by atoms with van der Waals surface area (Å²) in [5, 5.41) is 2.84. The lowest BCUT2D eigenvalue weighted by Crippen LogP contribution is -2.29. The SMILES string of the molecule is CCCCNC(=O)COc1ccc2c(c1)[C@@H](N)CCC2. The maximum atomic E-state index is 11.6. The van der Waals surface area contributed by atoms with Crippen molar-refractivity contribution in [3.8, 4) is 5.75 Å². The van der Waals surface area contributed by atoms with Gasteiger partial charge in [0.05, 0.1) is 0 Å². The molecule has 1 amide bonds. The fourth-order valence-electron chi connectivity index (χ4n) is 2.51. The minimum Gasteiger partial charge on any atom is -0.484 e. The van der Waals surface area contributed by atoms with Gasteiger partial charge in [0.1, 0.15) is 5.75 Å². The highest BCUT2D eigenvalue weighted by atomic mass is 16.5. The first kappa shape index (κ1) is 14.9. The molecule has 1 aliphatic carbocycles. The molecule has 0 aromatic heterocycles. The Morgan fingerprint density at radius 2 is 2.35 bits per heavy atom. The summed E-state index contributed by atoms with van der Waals surface area (Å²) in [6.07, 6.45) is 5.33. The predicted molar refractivity (Wildman–Crippen MR) is 79.7 cm³/mol. The van der Waals surface area contributed by atoms with Crippen molar-refractivity contribution in [1.82, 2.24) is 5.32 Å². The number of rotatable bonds is 6. The Hall–Kier alpha value is -1.55. The van der Waals surface area contributed by atoms with Crippen LogP contribution in [0, 0.1) is 0 Å². The van der Waals surface area contributed by atoms with Crippen LogP contribution in [-0.2, 0) is 11.2 Å². The molecule has 110 valence electrons. The van der Waals surface area contributed by atoms with Crippen LogP contribution in [0.2, 0.25) is 0 Å². The van der Waals surface area contributed by atoms with Gasteiger partial charge in [-0.05, 0) is 48.9 Å². The Kier molecular flexibility index (Phi) is 5.41. The number of fused-ring (bicyclic) bond motifs is 1. The van der Waals surface area contributed by atoms with E-state index in [2.05, 4.69) is 18.3 Å². The lowest BCUT2D eigenvalue weighted by atomic mass is 9.88. The highest BCUT2D eigenvalue weighted by molar-refractivity contribution is 5.77. The predicted octanol–water partition coefficient (Wildman–Crippen LogP) is 2.32. The molecule has 1 aromatic carbocycles. The van der Waals surface area contributed by atoms with Crippen molar-refractivity contribution in [2.75, 3.05) is 13.2 Å². The van der Waals surface area contributed by atoms with Crippen LogP contribution in [0.15, 0.2) is 18.2 Å². The summed E-state index contributed by atoms with van der Waals surface area (Å²) in [6.45, 7) is 2.88. The van der Waals surface area contributed by atoms with Crippen molar-refractivity contribution in [3.63, 3.8) is 0 Å². The van der Waals surface area contributed by atoms with E-state index in [1.54, 1.807) is 0 Å². The molecule has 3 N–H and O–H groups in total. The number of nitrogens with two attached hydrogens (primary N) is 1. The van der Waals surface area contributed by atoms with E-state index in [9.17, 15) is 4.79 Å². The molecule has 0 heterocycles. The maximum Gasteiger partial charge on any atom is 0.257 e. The zero-order valence-corrected chi connectivity index (χ0v) is 12.2. The summed E-state index contributed by atoms with van der Waals surface area (Å²) < 4.78 is 5.55. The topological polar surface area (TPSA) is 64.3 Å². The maximum absolute atomic E-state index is 11.6. The van der Waals surface area contributed by atoms with Gasteiger partial charge < -0.3 is 15.8 Å². The van der Waals surface area contributed by atoms with Crippen molar-refractivity contribution in [1.29, 1.82) is 0 Å². The normalized spacial score (nSPS) is 17.4. The third kappa shape index (κ3) is 3.97. The van der Waals surface area contributed by atoms with Crippen molar-refractivity contribution < 1.29 is 9.53 Å². The quantitative estimate of drug-likeness (QED) is 0.784. The smallest absolute Gasteiger partial charge is 0.257 e. The van der Waals surface area contributed by atoms with Gasteiger partial charge in [0.15, 0.2) is 6.61 Å². The van der Waals surface area contributed by atoms with Crippen LogP contribution in [0.1, 0.15) is 49.8 Å². The van der Waals surface area contributed by atoms with Gasteiger partial charge in [-0.1, -0.05) is 19.4 Å². The molecular formula is C16H24N2O2. The van der Waals surface area contributed by atoms with E-state index in [4.69, 9.17) is 10.5 Å². The molecule has 4 heteroatoms. The van der Waals surface area contributed by atoms with Gasteiger partial charge in [-0.25, -0.2) is 0 Å². The summed E-state index contributed by atoms with van der Waals surface area (Å²) in [5.41, 5.74) is 8.59. The molecule has 0 spiro atoms. The second kappa shape index (κ2) is 7.29. The molecular weight excluding hydrogens is 252 g/mol. The molecule has 0 fully saturated rings. The number of carbonyl (C=O) groups excluding carboxylic acids is 1. The van der Waals surface area contributed by atoms with Crippen LogP contribution in [0.4, 0.5) is 0 Å². The third-order valence-electron chi connectivity index (χ3n) is 3.70. The van der Waals surface area contributed by atoms with Crippen LogP contribution >= 0.6 is 0 Å². The number of hydrogen-bond donors (Lipinski definition) is 2. The minimum absolute atomic E-state index is 0.0672. The van der Waals surface area contributed by atoms with E-state index >= 15 is 0 Å². The number of hydrogen-bond acceptors (Lipinski definition) is 3. The molecule has 2 rings (SSSR count). The fourth-order valence-corrected chi connectivity index (χ4v) is 2.51. The summed E-state index contributed by atoms with van der Waals surface area (Å²) >= 11 is 0. The van der Waals surface area contributed by atoms with Crippen LogP contribution in [0.3, 0.4) is 0 Å². The number of nitrogens with one attached hydrogen (secondary N) is 1. The molecule has 1 aliphatic rings. The Morgan fingerprint density at radius 1 is 1.50 bits per heavy atom. The number of amides is 1. The molecule has 20 heavy (non-hydrogen) atoms. The standard InChI is InChI=1S/C16H24N2O2/c1-2-3-9-18-16(19)11-20-13-8-7-12-5-4-6-15(17)14(12)10-13/h7-8,10,15H,2-6,9,11,17H2,1H3,(H,18,19)/t15-/m0/s1. The van der Waals surface area contributed by atoms with Gasteiger partial charge in [0.2, 0.25) is 0 Å². The lowest BCUT2D eigenvalue weighted by molar-refractivity contribution is -0.123. The summed E-state index contributed by atoms with van der Waals surface area (Å²) in [6, 6.07) is 6.08. The Bertz CT molecular complexity index is 460. The van der Waals surface area contributed by atoms with Crippen LogP contribution in [0.25, 0.3) is 0 Å². The summed E-state index contributed by atoms with van der Waals surface area (Å²) in [7, 11) is 0. The second-order valence-corrected chi connectivity index (χ2v) is 5.35. The van der Waals surface area contributed by atoms with Crippen molar-refractivity contribution in [2.24, 2.45) is 5.73 Å². The molecule has 0 radical (unpaired) electrons. The number of aryl methyl sites for hydroxylation is 1. The molecule has 0 aliphatic heterocycles. The van der Waals surface area contributed by atoms with Crippen molar-refractivity contribution in [3.05, 3.63) is 29.3 Å². The monoisotopic (exact) mass is 276 g/mol. The van der Waals surface area contributed by atoms with E-state index in [0.717, 1.165) is 37.9 Å². The van der Waals surface area contributed by atoms with Gasteiger partial charge in [-0.2, -0.15) is 0 Å².